The third-order valence-corrected chi connectivity index (χ3v) is 5.38. The Morgan fingerprint density at radius 1 is 1.19 bits per heavy atom. The van der Waals surface area contributed by atoms with E-state index < -0.39 is 0 Å². The van der Waals surface area contributed by atoms with Gasteiger partial charge in [0, 0.05) is 30.7 Å². The van der Waals surface area contributed by atoms with Crippen molar-refractivity contribution in [2.45, 2.75) is 25.3 Å². The van der Waals surface area contributed by atoms with Crippen LogP contribution in [0.25, 0.3) is 22.4 Å². The first-order chi connectivity index (χ1) is 12.3. The second kappa shape index (κ2) is 6.95. The van der Waals surface area contributed by atoms with E-state index in [1.54, 1.807) is 0 Å². The number of aromatic nitrogens is 3. The number of para-hydroxylation sites is 1. The van der Waals surface area contributed by atoms with Crippen LogP contribution in [0.1, 0.15) is 29.5 Å². The lowest BCUT2D eigenvalue weighted by Crippen LogP contribution is -2.44. The van der Waals surface area contributed by atoms with Crippen molar-refractivity contribution in [1.82, 2.24) is 25.3 Å². The van der Waals surface area contributed by atoms with Crippen LogP contribution >= 0.6 is 12.4 Å². The molecule has 1 atom stereocenters. The maximum atomic E-state index is 5.74. The van der Waals surface area contributed by atoms with Gasteiger partial charge in [-0.15, -0.1) is 12.4 Å². The number of fused-ring (bicyclic) bond motifs is 2. The van der Waals surface area contributed by atoms with Crippen LogP contribution in [0.3, 0.4) is 0 Å². The van der Waals surface area contributed by atoms with Crippen LogP contribution < -0.4 is 5.32 Å². The summed E-state index contributed by atoms with van der Waals surface area (Å²) < 4.78 is 5.74. The molecule has 1 aliphatic carbocycles. The van der Waals surface area contributed by atoms with E-state index in [0.717, 1.165) is 61.2 Å². The average Bonchev–Trinajstić information content (AvgIpc) is 3.29. The summed E-state index contributed by atoms with van der Waals surface area (Å²) in [4.78, 5) is 11.9. The molecule has 3 heterocycles. The predicted octanol–water partition coefficient (Wildman–Crippen LogP) is 2.77. The van der Waals surface area contributed by atoms with Gasteiger partial charge in [0.25, 0.3) is 5.89 Å². The van der Waals surface area contributed by atoms with Crippen molar-refractivity contribution in [2.24, 2.45) is 0 Å². The smallest absolute Gasteiger partial charge is 0.259 e. The second-order valence-corrected chi connectivity index (χ2v) is 6.94. The van der Waals surface area contributed by atoms with Crippen LogP contribution in [0, 0.1) is 0 Å². The SMILES string of the molecule is CN1CCNCC1c1noc(-c2c3c(nc4ccccc24)CCC3)n1.Cl. The highest BCUT2D eigenvalue weighted by molar-refractivity contribution is 5.94. The molecule has 6 nitrogen and oxygen atoms in total. The van der Waals surface area contributed by atoms with E-state index in [2.05, 4.69) is 34.6 Å². The van der Waals surface area contributed by atoms with Crippen LogP contribution in [0.15, 0.2) is 28.8 Å². The number of halogens is 1. The van der Waals surface area contributed by atoms with Gasteiger partial charge in [0.05, 0.1) is 17.1 Å². The van der Waals surface area contributed by atoms with Crippen molar-refractivity contribution in [3.8, 4) is 11.5 Å². The lowest BCUT2D eigenvalue weighted by molar-refractivity contribution is 0.190. The summed E-state index contributed by atoms with van der Waals surface area (Å²) in [6.45, 7) is 2.84. The number of nitrogens with one attached hydrogen (secondary N) is 1. The fraction of sp³-hybridized carbons (Fsp3) is 0.421. The topological polar surface area (TPSA) is 67.1 Å². The first kappa shape index (κ1) is 17.4. The second-order valence-electron chi connectivity index (χ2n) is 6.94. The maximum absolute atomic E-state index is 5.74. The first-order valence-electron chi connectivity index (χ1n) is 8.96. The van der Waals surface area contributed by atoms with Gasteiger partial charge in [0.2, 0.25) is 0 Å². The molecule has 5 rings (SSSR count). The van der Waals surface area contributed by atoms with E-state index in [1.807, 2.05) is 12.1 Å². The molecule has 0 radical (unpaired) electrons. The minimum absolute atomic E-state index is 0. The standard InChI is InChI=1S/C19H21N5O.ClH/c1-24-10-9-20-11-16(24)18-22-19(25-23-18)17-12-5-2-3-7-14(12)21-15-8-4-6-13(15)17;/h2-3,5,7,16,20H,4,6,8-11H2,1H3;1H. The summed E-state index contributed by atoms with van der Waals surface area (Å²) >= 11 is 0. The van der Waals surface area contributed by atoms with Crippen molar-refractivity contribution in [1.29, 1.82) is 0 Å². The lowest BCUT2D eigenvalue weighted by atomic mass is 10.0. The monoisotopic (exact) mass is 371 g/mol. The number of benzene rings is 1. The molecule has 136 valence electrons. The zero-order chi connectivity index (χ0) is 16.8. The van der Waals surface area contributed by atoms with Crippen LogP contribution in [-0.4, -0.2) is 46.7 Å². The van der Waals surface area contributed by atoms with Gasteiger partial charge in [-0.3, -0.25) is 9.88 Å². The predicted molar refractivity (Wildman–Crippen MR) is 103 cm³/mol. The number of hydrogen-bond donors (Lipinski definition) is 1. The number of aryl methyl sites for hydroxylation is 1. The van der Waals surface area contributed by atoms with Crippen molar-refractivity contribution in [3.63, 3.8) is 0 Å². The molecule has 7 heteroatoms. The normalized spacial score (nSPS) is 20.1. The van der Waals surface area contributed by atoms with Gasteiger partial charge in [0.15, 0.2) is 5.82 Å². The molecule has 1 N–H and O–H groups in total. The van der Waals surface area contributed by atoms with Crippen molar-refractivity contribution < 1.29 is 4.52 Å². The average molecular weight is 372 g/mol. The molecule has 0 spiro atoms. The Labute approximate surface area is 158 Å². The van der Waals surface area contributed by atoms with Crippen LogP contribution in [0.4, 0.5) is 0 Å². The molecule has 0 saturated carbocycles. The van der Waals surface area contributed by atoms with Crippen LogP contribution in [-0.2, 0) is 12.8 Å². The highest BCUT2D eigenvalue weighted by Gasteiger charge is 2.28. The van der Waals surface area contributed by atoms with Gasteiger partial charge in [-0.25, -0.2) is 0 Å². The molecule has 2 aliphatic rings. The van der Waals surface area contributed by atoms with Crippen molar-refractivity contribution in [2.75, 3.05) is 26.7 Å². The van der Waals surface area contributed by atoms with E-state index in [0.29, 0.717) is 5.89 Å². The molecule has 1 aliphatic heterocycles. The molecule has 0 bridgehead atoms. The Morgan fingerprint density at radius 3 is 2.96 bits per heavy atom. The summed E-state index contributed by atoms with van der Waals surface area (Å²) in [5, 5.41) is 8.83. The lowest BCUT2D eigenvalue weighted by Gasteiger charge is -2.30. The Hall–Kier alpha value is -2.02. The highest BCUT2D eigenvalue weighted by Crippen LogP contribution is 2.36. The van der Waals surface area contributed by atoms with Gasteiger partial charge in [0.1, 0.15) is 0 Å². The number of piperazine rings is 1. The van der Waals surface area contributed by atoms with E-state index in [9.17, 15) is 0 Å². The molecule has 1 saturated heterocycles. The van der Waals surface area contributed by atoms with Gasteiger partial charge in [-0.05, 0) is 37.9 Å². The highest BCUT2D eigenvalue weighted by atomic mass is 35.5. The molecule has 1 fully saturated rings. The Morgan fingerprint density at radius 2 is 2.08 bits per heavy atom. The number of nitrogens with zero attached hydrogens (tertiary/aromatic N) is 4. The summed E-state index contributed by atoms with van der Waals surface area (Å²) in [5.41, 5.74) is 4.56. The van der Waals surface area contributed by atoms with Crippen LogP contribution in [0.2, 0.25) is 0 Å². The van der Waals surface area contributed by atoms with Crippen LogP contribution in [0.5, 0.6) is 0 Å². The third-order valence-electron chi connectivity index (χ3n) is 5.38. The van der Waals surface area contributed by atoms with E-state index in [1.165, 1.54) is 11.3 Å². The van der Waals surface area contributed by atoms with E-state index in [-0.39, 0.29) is 18.4 Å². The number of pyridine rings is 1. The van der Waals surface area contributed by atoms with E-state index >= 15 is 0 Å². The summed E-state index contributed by atoms with van der Waals surface area (Å²) in [6, 6.07) is 8.40. The van der Waals surface area contributed by atoms with E-state index in [4.69, 9.17) is 14.5 Å². The molecule has 3 aromatic rings. The van der Waals surface area contributed by atoms with Gasteiger partial charge >= 0.3 is 0 Å². The zero-order valence-electron chi connectivity index (χ0n) is 14.7. The third kappa shape index (κ3) is 2.78. The molecule has 2 aromatic heterocycles. The summed E-state index contributed by atoms with van der Waals surface area (Å²) in [7, 11) is 2.11. The molecule has 1 aromatic carbocycles. The maximum Gasteiger partial charge on any atom is 0.259 e. The summed E-state index contributed by atoms with van der Waals surface area (Å²) in [5.74, 6) is 1.39. The number of hydrogen-bond acceptors (Lipinski definition) is 6. The molecule has 0 amide bonds. The molecule has 26 heavy (non-hydrogen) atoms. The van der Waals surface area contributed by atoms with Crippen molar-refractivity contribution >= 4 is 23.3 Å². The van der Waals surface area contributed by atoms with Crippen molar-refractivity contribution in [3.05, 3.63) is 41.3 Å². The first-order valence-corrected chi connectivity index (χ1v) is 8.96. The van der Waals surface area contributed by atoms with Gasteiger partial charge in [-0.2, -0.15) is 4.98 Å². The largest absolute Gasteiger partial charge is 0.334 e. The Balaban J connectivity index is 0.00000168. The number of likely N-dealkylation sites (N-methyl/N-ethyl adjacent to an activating group) is 1. The van der Waals surface area contributed by atoms with Gasteiger partial charge < -0.3 is 9.84 Å². The summed E-state index contributed by atoms with van der Waals surface area (Å²) in [6.07, 6.45) is 3.20. The fourth-order valence-electron chi connectivity index (χ4n) is 4.02. The minimum Gasteiger partial charge on any atom is -0.334 e. The fourth-order valence-corrected chi connectivity index (χ4v) is 4.02. The molecular formula is C19H22ClN5O. The minimum atomic E-state index is 0. The quantitative estimate of drug-likeness (QED) is 0.747. The Kier molecular flexibility index (Phi) is 4.65. The zero-order valence-corrected chi connectivity index (χ0v) is 15.6. The number of rotatable bonds is 2. The molecule has 1 unspecified atom stereocenters. The van der Waals surface area contributed by atoms with Gasteiger partial charge in [-0.1, -0.05) is 23.4 Å². The molecular weight excluding hydrogens is 350 g/mol. The Bertz CT molecular complexity index is 941.